The number of methoxy groups -OCH3 is 1. The first-order valence-corrected chi connectivity index (χ1v) is 8.58. The van der Waals surface area contributed by atoms with Crippen LogP contribution in [0.1, 0.15) is 5.56 Å². The van der Waals surface area contributed by atoms with Gasteiger partial charge in [-0.05, 0) is 29.8 Å². The summed E-state index contributed by atoms with van der Waals surface area (Å²) in [6.07, 6.45) is 3.51. The van der Waals surface area contributed by atoms with Crippen LogP contribution < -0.4 is 9.64 Å². The van der Waals surface area contributed by atoms with Gasteiger partial charge in [0, 0.05) is 30.7 Å². The van der Waals surface area contributed by atoms with Gasteiger partial charge in [-0.25, -0.2) is 9.50 Å². The van der Waals surface area contributed by atoms with Crippen LogP contribution in [0.25, 0.3) is 5.65 Å². The van der Waals surface area contributed by atoms with Crippen molar-refractivity contribution < 1.29 is 4.74 Å². The molecule has 0 aliphatic carbocycles. The summed E-state index contributed by atoms with van der Waals surface area (Å²) in [5.74, 6) is 0.836. The Hall–Kier alpha value is -3.05. The molecule has 0 aliphatic rings. The van der Waals surface area contributed by atoms with Crippen molar-refractivity contribution in [3.8, 4) is 5.75 Å². The van der Waals surface area contributed by atoms with Crippen LogP contribution in [0.15, 0.2) is 73.1 Å². The van der Waals surface area contributed by atoms with Crippen molar-refractivity contribution in [3.63, 3.8) is 0 Å². The minimum Gasteiger partial charge on any atom is -0.497 e. The van der Waals surface area contributed by atoms with Gasteiger partial charge >= 0.3 is 0 Å². The van der Waals surface area contributed by atoms with Gasteiger partial charge in [0.05, 0.1) is 12.8 Å². The van der Waals surface area contributed by atoms with Crippen molar-refractivity contribution in [2.24, 2.45) is 0 Å². The second-order valence-electron chi connectivity index (χ2n) is 5.82. The van der Waals surface area contributed by atoms with E-state index >= 15 is 0 Å². The molecule has 0 N–H and O–H groups in total. The van der Waals surface area contributed by atoms with E-state index in [9.17, 15) is 0 Å². The largest absolute Gasteiger partial charge is 0.497 e. The molecule has 0 amide bonds. The molecule has 0 aliphatic heterocycles. The van der Waals surface area contributed by atoms with E-state index < -0.39 is 0 Å². The Morgan fingerprint density at radius 1 is 1.08 bits per heavy atom. The highest BCUT2D eigenvalue weighted by Crippen LogP contribution is 2.32. The molecule has 5 nitrogen and oxygen atoms in total. The Balaban J connectivity index is 1.81. The van der Waals surface area contributed by atoms with Gasteiger partial charge in [-0.1, -0.05) is 41.9 Å². The second kappa shape index (κ2) is 7.06. The average molecular weight is 365 g/mol. The highest BCUT2D eigenvalue weighted by Gasteiger charge is 2.16. The zero-order valence-corrected chi connectivity index (χ0v) is 15.0. The van der Waals surface area contributed by atoms with E-state index in [1.807, 2.05) is 36.4 Å². The smallest absolute Gasteiger partial charge is 0.177 e. The van der Waals surface area contributed by atoms with Gasteiger partial charge in [-0.2, -0.15) is 5.10 Å². The van der Waals surface area contributed by atoms with E-state index in [1.165, 1.54) is 0 Å². The normalized spacial score (nSPS) is 10.8. The Bertz CT molecular complexity index is 1020. The maximum Gasteiger partial charge on any atom is 0.177 e. The first-order valence-electron chi connectivity index (χ1n) is 8.20. The molecule has 4 rings (SSSR count). The van der Waals surface area contributed by atoms with Gasteiger partial charge in [0.2, 0.25) is 0 Å². The van der Waals surface area contributed by atoms with Gasteiger partial charge in [-0.15, -0.1) is 0 Å². The molecule has 0 saturated carbocycles. The van der Waals surface area contributed by atoms with Gasteiger partial charge in [0.15, 0.2) is 10.8 Å². The van der Waals surface area contributed by atoms with E-state index in [2.05, 4.69) is 39.2 Å². The summed E-state index contributed by atoms with van der Waals surface area (Å²) in [5.41, 5.74) is 3.85. The van der Waals surface area contributed by atoms with E-state index in [4.69, 9.17) is 16.3 Å². The molecule has 0 radical (unpaired) electrons. The highest BCUT2D eigenvalue weighted by atomic mass is 35.5. The Labute approximate surface area is 156 Å². The van der Waals surface area contributed by atoms with Crippen molar-refractivity contribution in [2.75, 3.05) is 12.0 Å². The van der Waals surface area contributed by atoms with Gasteiger partial charge < -0.3 is 9.64 Å². The monoisotopic (exact) mass is 364 g/mol. The fourth-order valence-corrected chi connectivity index (χ4v) is 3.09. The molecule has 2 aromatic carbocycles. The Kier molecular flexibility index (Phi) is 4.46. The van der Waals surface area contributed by atoms with Crippen LogP contribution in [0.2, 0.25) is 5.15 Å². The molecular formula is C20H17ClN4O. The van der Waals surface area contributed by atoms with Crippen molar-refractivity contribution in [3.05, 3.63) is 83.8 Å². The zero-order chi connectivity index (χ0) is 17.9. The summed E-state index contributed by atoms with van der Waals surface area (Å²) in [4.78, 5) is 6.63. The summed E-state index contributed by atoms with van der Waals surface area (Å²) in [5, 5.41) is 4.70. The van der Waals surface area contributed by atoms with Crippen LogP contribution >= 0.6 is 11.6 Å². The van der Waals surface area contributed by atoms with Crippen LogP contribution in [0.5, 0.6) is 5.75 Å². The molecule has 0 fully saturated rings. The lowest BCUT2D eigenvalue weighted by molar-refractivity contribution is 0.414. The SMILES string of the molecule is COc1ccc(CN(c2ccccc2)c2cc(Cl)nn3ccnc23)cc1. The lowest BCUT2D eigenvalue weighted by atomic mass is 10.1. The highest BCUT2D eigenvalue weighted by molar-refractivity contribution is 6.29. The van der Waals surface area contributed by atoms with Crippen molar-refractivity contribution in [1.82, 2.24) is 14.6 Å². The lowest BCUT2D eigenvalue weighted by Crippen LogP contribution is -2.18. The molecule has 130 valence electrons. The second-order valence-corrected chi connectivity index (χ2v) is 6.20. The zero-order valence-electron chi connectivity index (χ0n) is 14.2. The quantitative estimate of drug-likeness (QED) is 0.513. The predicted molar refractivity (Wildman–Crippen MR) is 103 cm³/mol. The molecule has 0 bridgehead atoms. The number of halogens is 1. The van der Waals surface area contributed by atoms with Crippen LogP contribution in [0.3, 0.4) is 0 Å². The molecule has 2 aromatic heterocycles. The number of para-hydroxylation sites is 1. The third kappa shape index (κ3) is 3.21. The van der Waals surface area contributed by atoms with Crippen molar-refractivity contribution in [1.29, 1.82) is 0 Å². The van der Waals surface area contributed by atoms with Crippen LogP contribution in [0.4, 0.5) is 11.4 Å². The van der Waals surface area contributed by atoms with E-state index in [1.54, 1.807) is 24.0 Å². The molecule has 4 aromatic rings. The van der Waals surface area contributed by atoms with E-state index in [-0.39, 0.29) is 0 Å². The number of fused-ring (bicyclic) bond motifs is 1. The molecule has 2 heterocycles. The number of hydrogen-bond acceptors (Lipinski definition) is 4. The number of hydrogen-bond donors (Lipinski definition) is 0. The maximum absolute atomic E-state index is 6.25. The lowest BCUT2D eigenvalue weighted by Gasteiger charge is -2.25. The Morgan fingerprint density at radius 3 is 2.58 bits per heavy atom. The minimum absolute atomic E-state index is 0.418. The van der Waals surface area contributed by atoms with Crippen LogP contribution in [-0.2, 0) is 6.54 Å². The number of anilines is 2. The van der Waals surface area contributed by atoms with Gasteiger partial charge in [-0.3, -0.25) is 0 Å². The average Bonchev–Trinajstić information content (AvgIpc) is 3.15. The molecule has 26 heavy (non-hydrogen) atoms. The summed E-state index contributed by atoms with van der Waals surface area (Å²) in [6, 6.07) is 20.0. The molecule has 0 spiro atoms. The first-order chi connectivity index (χ1) is 12.7. The van der Waals surface area contributed by atoms with Crippen molar-refractivity contribution >= 4 is 28.6 Å². The van der Waals surface area contributed by atoms with E-state index in [0.29, 0.717) is 11.7 Å². The van der Waals surface area contributed by atoms with Crippen LogP contribution in [-0.4, -0.2) is 21.7 Å². The molecule has 0 atom stereocenters. The summed E-state index contributed by atoms with van der Waals surface area (Å²) >= 11 is 6.25. The number of nitrogens with zero attached hydrogens (tertiary/aromatic N) is 4. The third-order valence-electron chi connectivity index (χ3n) is 4.17. The van der Waals surface area contributed by atoms with Gasteiger partial charge in [0.1, 0.15) is 5.75 Å². The predicted octanol–water partition coefficient (Wildman–Crippen LogP) is 4.73. The van der Waals surface area contributed by atoms with Gasteiger partial charge in [0.25, 0.3) is 0 Å². The summed E-state index contributed by atoms with van der Waals surface area (Å²) in [7, 11) is 1.67. The topological polar surface area (TPSA) is 42.7 Å². The minimum atomic E-state index is 0.418. The molecule has 0 saturated heterocycles. The fraction of sp³-hybridized carbons (Fsp3) is 0.100. The molecule has 6 heteroatoms. The number of ether oxygens (including phenoxy) is 1. The van der Waals surface area contributed by atoms with Crippen LogP contribution in [0, 0.1) is 0 Å². The number of rotatable bonds is 5. The standard InChI is InChI=1S/C20H17ClN4O/c1-26-17-9-7-15(8-10-17)14-24(16-5-3-2-4-6-16)18-13-19(21)23-25-12-11-22-20(18)25/h2-13H,14H2,1H3. The summed E-state index contributed by atoms with van der Waals surface area (Å²) < 4.78 is 6.95. The number of benzene rings is 2. The molecular weight excluding hydrogens is 348 g/mol. The number of imidazole rings is 1. The third-order valence-corrected chi connectivity index (χ3v) is 4.35. The van der Waals surface area contributed by atoms with E-state index in [0.717, 1.165) is 28.3 Å². The number of aromatic nitrogens is 3. The first kappa shape index (κ1) is 16.4. The maximum atomic E-state index is 6.25. The fourth-order valence-electron chi connectivity index (χ4n) is 2.91. The molecule has 0 unspecified atom stereocenters. The Morgan fingerprint density at radius 2 is 1.85 bits per heavy atom. The van der Waals surface area contributed by atoms with Crippen molar-refractivity contribution in [2.45, 2.75) is 6.54 Å². The summed E-state index contributed by atoms with van der Waals surface area (Å²) in [6.45, 7) is 0.664.